The molecule has 0 aliphatic rings. The number of rotatable bonds is 4. The van der Waals surface area contributed by atoms with Crippen LogP contribution in [0.25, 0.3) is 0 Å². The van der Waals surface area contributed by atoms with Gasteiger partial charge < -0.3 is 10.0 Å². The quantitative estimate of drug-likeness (QED) is 0.919. The summed E-state index contributed by atoms with van der Waals surface area (Å²) in [6.07, 6.45) is -4.43. The maximum absolute atomic E-state index is 12.4. The fourth-order valence-electron chi connectivity index (χ4n) is 1.57. The Morgan fingerprint density at radius 2 is 2.06 bits per heavy atom. The van der Waals surface area contributed by atoms with Crippen LogP contribution in [0.15, 0.2) is 18.2 Å². The molecule has 0 spiro atoms. The van der Waals surface area contributed by atoms with Crippen LogP contribution in [0, 0.1) is 0 Å². The van der Waals surface area contributed by atoms with Crippen molar-refractivity contribution in [1.82, 2.24) is 0 Å². The molecule has 0 aromatic heterocycles. The predicted molar refractivity (Wildman–Crippen MR) is 62.4 cm³/mol. The lowest BCUT2D eigenvalue weighted by molar-refractivity contribution is -0.119. The molecule has 100 valence electrons. The molecular formula is C11H11ClF3NO2. The zero-order valence-electron chi connectivity index (χ0n) is 9.46. The van der Waals surface area contributed by atoms with E-state index in [1.165, 1.54) is 25.1 Å². The molecule has 1 aromatic rings. The van der Waals surface area contributed by atoms with Gasteiger partial charge in [0.15, 0.2) is 0 Å². The molecule has 0 heterocycles. The Balaban J connectivity index is 3.24. The molecule has 0 aliphatic carbocycles. The van der Waals surface area contributed by atoms with Crippen LogP contribution < -0.4 is 4.90 Å². The topological polar surface area (TPSA) is 40.5 Å². The van der Waals surface area contributed by atoms with Crippen molar-refractivity contribution >= 4 is 23.3 Å². The molecule has 0 unspecified atom stereocenters. The maximum Gasteiger partial charge on any atom is 0.405 e. The van der Waals surface area contributed by atoms with E-state index in [0.717, 1.165) is 4.90 Å². The first-order valence-corrected chi connectivity index (χ1v) is 5.47. The molecule has 0 amide bonds. The number of carboxylic acid groups (broad SMARTS) is 1. The van der Waals surface area contributed by atoms with Crippen LogP contribution in [0.1, 0.15) is 17.3 Å². The molecule has 0 radical (unpaired) electrons. The summed E-state index contributed by atoms with van der Waals surface area (Å²) in [6.45, 7) is 0.262. The highest BCUT2D eigenvalue weighted by atomic mass is 35.5. The zero-order chi connectivity index (χ0) is 13.9. The van der Waals surface area contributed by atoms with E-state index in [-0.39, 0.29) is 22.8 Å². The summed E-state index contributed by atoms with van der Waals surface area (Å²) in [5.74, 6) is -1.31. The van der Waals surface area contributed by atoms with Crippen molar-refractivity contribution in [3.63, 3.8) is 0 Å². The molecule has 1 N–H and O–H groups in total. The summed E-state index contributed by atoms with van der Waals surface area (Å²) in [7, 11) is 0. The highest BCUT2D eigenvalue weighted by Gasteiger charge is 2.32. The van der Waals surface area contributed by atoms with Gasteiger partial charge in [0.25, 0.3) is 0 Å². The van der Waals surface area contributed by atoms with Crippen LogP contribution in [0.2, 0.25) is 5.02 Å². The first-order chi connectivity index (χ1) is 8.26. The Bertz CT molecular complexity index is 448. The summed E-state index contributed by atoms with van der Waals surface area (Å²) in [4.78, 5) is 11.9. The van der Waals surface area contributed by atoms with Gasteiger partial charge in [-0.1, -0.05) is 17.7 Å². The summed E-state index contributed by atoms with van der Waals surface area (Å²) >= 11 is 5.80. The molecule has 18 heavy (non-hydrogen) atoms. The number of benzene rings is 1. The largest absolute Gasteiger partial charge is 0.478 e. The van der Waals surface area contributed by atoms with E-state index >= 15 is 0 Å². The van der Waals surface area contributed by atoms with E-state index < -0.39 is 18.7 Å². The molecular weight excluding hydrogens is 271 g/mol. The molecule has 1 aromatic carbocycles. The molecule has 1 rings (SSSR count). The number of alkyl halides is 3. The van der Waals surface area contributed by atoms with Crippen LogP contribution in [0.3, 0.4) is 0 Å². The van der Waals surface area contributed by atoms with Crippen molar-refractivity contribution in [2.75, 3.05) is 18.0 Å². The summed E-state index contributed by atoms with van der Waals surface area (Å²) in [6, 6.07) is 3.97. The third kappa shape index (κ3) is 3.53. The van der Waals surface area contributed by atoms with Crippen LogP contribution in [0.5, 0.6) is 0 Å². The standard InChI is InChI=1S/C11H11ClF3NO2/c1-2-16(6-11(13,14)15)9-7(10(17)18)4-3-5-8(9)12/h3-5H,2,6H2,1H3,(H,17,18). The first kappa shape index (κ1) is 14.6. The third-order valence-electron chi connectivity index (χ3n) is 2.29. The third-order valence-corrected chi connectivity index (χ3v) is 2.59. The minimum absolute atomic E-state index is 0.00350. The molecule has 3 nitrogen and oxygen atoms in total. The van der Waals surface area contributed by atoms with Gasteiger partial charge >= 0.3 is 12.1 Å². The summed E-state index contributed by atoms with van der Waals surface area (Å²) in [5.41, 5.74) is -0.347. The van der Waals surface area contributed by atoms with E-state index in [1.54, 1.807) is 0 Å². The van der Waals surface area contributed by atoms with Gasteiger partial charge in [-0.15, -0.1) is 0 Å². The van der Waals surface area contributed by atoms with Gasteiger partial charge in [0.05, 0.1) is 16.3 Å². The van der Waals surface area contributed by atoms with Gasteiger partial charge in [0, 0.05) is 6.54 Å². The molecule has 0 atom stereocenters. The number of nitrogens with zero attached hydrogens (tertiary/aromatic N) is 1. The minimum atomic E-state index is -4.43. The SMILES string of the molecule is CCN(CC(F)(F)F)c1c(Cl)cccc1C(=O)O. The number of anilines is 1. The smallest absolute Gasteiger partial charge is 0.405 e. The van der Waals surface area contributed by atoms with Crippen LogP contribution in [0.4, 0.5) is 18.9 Å². The number of aromatic carboxylic acids is 1. The number of carboxylic acids is 1. The van der Waals surface area contributed by atoms with Gasteiger partial charge in [-0.25, -0.2) is 4.79 Å². The van der Waals surface area contributed by atoms with Gasteiger partial charge in [0.1, 0.15) is 6.54 Å². The van der Waals surface area contributed by atoms with E-state index in [4.69, 9.17) is 16.7 Å². The van der Waals surface area contributed by atoms with Crippen molar-refractivity contribution < 1.29 is 23.1 Å². The summed E-state index contributed by atoms with van der Waals surface area (Å²) in [5, 5.41) is 8.95. The summed E-state index contributed by atoms with van der Waals surface area (Å²) < 4.78 is 37.2. The van der Waals surface area contributed by atoms with Gasteiger partial charge in [-0.2, -0.15) is 13.2 Å². The highest BCUT2D eigenvalue weighted by Crippen LogP contribution is 2.32. The number of halogens is 4. The zero-order valence-corrected chi connectivity index (χ0v) is 10.2. The normalized spacial score (nSPS) is 11.4. The molecule has 0 bridgehead atoms. The second-order valence-electron chi connectivity index (χ2n) is 3.57. The lowest BCUT2D eigenvalue weighted by Crippen LogP contribution is -2.35. The molecule has 7 heteroatoms. The van der Waals surface area contributed by atoms with Crippen molar-refractivity contribution in [3.8, 4) is 0 Å². The van der Waals surface area contributed by atoms with Crippen molar-refractivity contribution in [3.05, 3.63) is 28.8 Å². The Morgan fingerprint density at radius 1 is 1.44 bits per heavy atom. The number of para-hydroxylation sites is 1. The average molecular weight is 282 g/mol. The fourth-order valence-corrected chi connectivity index (χ4v) is 1.87. The van der Waals surface area contributed by atoms with Crippen LogP contribution in [-0.2, 0) is 0 Å². The monoisotopic (exact) mass is 281 g/mol. The Labute approximate surface area is 107 Å². The minimum Gasteiger partial charge on any atom is -0.478 e. The average Bonchev–Trinajstić information content (AvgIpc) is 2.24. The Hall–Kier alpha value is -1.43. The molecule has 0 aliphatic heterocycles. The van der Waals surface area contributed by atoms with E-state index in [0.29, 0.717) is 0 Å². The lowest BCUT2D eigenvalue weighted by Gasteiger charge is -2.26. The maximum atomic E-state index is 12.4. The first-order valence-electron chi connectivity index (χ1n) is 5.09. The number of hydrogen-bond acceptors (Lipinski definition) is 2. The van der Waals surface area contributed by atoms with Crippen molar-refractivity contribution in [2.24, 2.45) is 0 Å². The van der Waals surface area contributed by atoms with Gasteiger partial charge in [0.2, 0.25) is 0 Å². The highest BCUT2D eigenvalue weighted by molar-refractivity contribution is 6.34. The second-order valence-corrected chi connectivity index (χ2v) is 3.98. The van der Waals surface area contributed by atoms with E-state index in [2.05, 4.69) is 0 Å². The van der Waals surface area contributed by atoms with Crippen LogP contribution >= 0.6 is 11.6 Å². The predicted octanol–water partition coefficient (Wildman–Crippen LogP) is 3.43. The number of hydrogen-bond donors (Lipinski definition) is 1. The van der Waals surface area contributed by atoms with Gasteiger partial charge in [-0.05, 0) is 19.1 Å². The van der Waals surface area contributed by atoms with Crippen molar-refractivity contribution in [2.45, 2.75) is 13.1 Å². The van der Waals surface area contributed by atoms with E-state index in [1.807, 2.05) is 0 Å². The molecule has 0 saturated heterocycles. The molecule has 0 saturated carbocycles. The Morgan fingerprint density at radius 3 is 2.50 bits per heavy atom. The lowest BCUT2D eigenvalue weighted by atomic mass is 10.1. The molecule has 0 fully saturated rings. The van der Waals surface area contributed by atoms with Gasteiger partial charge in [-0.3, -0.25) is 0 Å². The number of carbonyl (C=O) groups is 1. The fraction of sp³-hybridized carbons (Fsp3) is 0.364. The Kier molecular flexibility index (Phi) is 4.45. The second kappa shape index (κ2) is 5.48. The van der Waals surface area contributed by atoms with Crippen LogP contribution in [-0.4, -0.2) is 30.3 Å². The van der Waals surface area contributed by atoms with E-state index in [9.17, 15) is 18.0 Å². The van der Waals surface area contributed by atoms with Crippen molar-refractivity contribution in [1.29, 1.82) is 0 Å².